The van der Waals surface area contributed by atoms with E-state index < -0.39 is 0 Å². The Morgan fingerprint density at radius 2 is 1.95 bits per heavy atom. The summed E-state index contributed by atoms with van der Waals surface area (Å²) in [5.41, 5.74) is 2.75. The largest absolute Gasteiger partial charge is 0.491 e. The van der Waals surface area contributed by atoms with Crippen molar-refractivity contribution in [3.05, 3.63) is 75.5 Å². The molecule has 1 saturated heterocycles. The average molecular weight is 549 g/mol. The first kappa shape index (κ1) is 25.7. The van der Waals surface area contributed by atoms with Crippen molar-refractivity contribution in [2.24, 2.45) is 0 Å². The lowest BCUT2D eigenvalue weighted by atomic mass is 10.00. The summed E-state index contributed by atoms with van der Waals surface area (Å²) in [6, 6.07) is 14.9. The van der Waals surface area contributed by atoms with Gasteiger partial charge in [-0.15, -0.1) is 11.3 Å². The summed E-state index contributed by atoms with van der Waals surface area (Å²) < 4.78 is 22.9. The first-order chi connectivity index (χ1) is 19.0. The lowest BCUT2D eigenvalue weighted by Gasteiger charge is -2.37. The number of carbonyl (C=O) groups is 2. The van der Waals surface area contributed by atoms with E-state index in [9.17, 15) is 9.59 Å². The van der Waals surface area contributed by atoms with Crippen LogP contribution in [0, 0.1) is 6.92 Å². The first-order valence-electron chi connectivity index (χ1n) is 13.4. The van der Waals surface area contributed by atoms with Crippen LogP contribution in [0.15, 0.2) is 53.9 Å². The molecule has 1 aromatic heterocycles. The number of rotatable bonds is 8. The van der Waals surface area contributed by atoms with Crippen LogP contribution in [-0.2, 0) is 16.0 Å². The van der Waals surface area contributed by atoms with Gasteiger partial charge in [0.2, 0.25) is 12.7 Å². The molecule has 3 aromatic rings. The average Bonchev–Trinajstić information content (AvgIpc) is 3.73. The smallest absolute Gasteiger partial charge is 0.254 e. The number of hydrogen-bond acceptors (Lipinski definition) is 7. The Hall–Kier alpha value is -3.56. The van der Waals surface area contributed by atoms with Gasteiger partial charge in [-0.2, -0.15) is 0 Å². The Morgan fingerprint density at radius 3 is 2.77 bits per heavy atom. The summed E-state index contributed by atoms with van der Waals surface area (Å²) in [5, 5.41) is 2.07. The van der Waals surface area contributed by atoms with Crippen molar-refractivity contribution in [2.75, 3.05) is 39.6 Å². The molecular weight excluding hydrogens is 516 g/mol. The SMILES string of the molecule is Cc1ccc(OCC2c3ccsc3CCN2C(=O)CN(CC2CCCO2)C(=O)c2ccc3c(c2)OCO3)cc1. The normalized spacial score (nSPS) is 19.6. The monoisotopic (exact) mass is 548 g/mol. The fourth-order valence-corrected chi connectivity index (χ4v) is 6.33. The van der Waals surface area contributed by atoms with E-state index in [1.165, 1.54) is 4.88 Å². The summed E-state index contributed by atoms with van der Waals surface area (Å²) in [7, 11) is 0. The molecule has 0 bridgehead atoms. The molecule has 4 heterocycles. The maximum Gasteiger partial charge on any atom is 0.254 e. The second-order valence-electron chi connectivity index (χ2n) is 10.2. The highest BCUT2D eigenvalue weighted by molar-refractivity contribution is 7.10. The van der Waals surface area contributed by atoms with Crippen molar-refractivity contribution < 1.29 is 28.5 Å². The molecule has 3 aliphatic heterocycles. The molecule has 0 saturated carbocycles. The van der Waals surface area contributed by atoms with Gasteiger partial charge in [0.15, 0.2) is 11.5 Å². The Morgan fingerprint density at radius 1 is 1.10 bits per heavy atom. The molecule has 204 valence electrons. The molecule has 0 aliphatic carbocycles. The molecule has 6 rings (SSSR count). The van der Waals surface area contributed by atoms with Crippen LogP contribution in [0.3, 0.4) is 0 Å². The highest BCUT2D eigenvalue weighted by Gasteiger charge is 2.35. The van der Waals surface area contributed by atoms with Crippen LogP contribution in [0.25, 0.3) is 0 Å². The van der Waals surface area contributed by atoms with Gasteiger partial charge >= 0.3 is 0 Å². The van der Waals surface area contributed by atoms with Crippen LogP contribution in [0.4, 0.5) is 0 Å². The molecule has 0 N–H and O–H groups in total. The van der Waals surface area contributed by atoms with Gasteiger partial charge in [0.05, 0.1) is 12.1 Å². The lowest BCUT2D eigenvalue weighted by molar-refractivity contribution is -0.135. The number of nitrogens with zero attached hydrogens (tertiary/aromatic N) is 2. The fourth-order valence-electron chi connectivity index (χ4n) is 5.40. The van der Waals surface area contributed by atoms with Crippen LogP contribution < -0.4 is 14.2 Å². The number of thiophene rings is 1. The third-order valence-corrected chi connectivity index (χ3v) is 8.52. The fraction of sp³-hybridized carbons (Fsp3) is 0.400. The van der Waals surface area contributed by atoms with Crippen molar-refractivity contribution in [2.45, 2.75) is 38.3 Å². The highest BCUT2D eigenvalue weighted by atomic mass is 32.1. The Kier molecular flexibility index (Phi) is 7.43. The molecule has 0 spiro atoms. The van der Waals surface area contributed by atoms with E-state index in [1.807, 2.05) is 36.1 Å². The molecule has 2 aromatic carbocycles. The zero-order valence-electron chi connectivity index (χ0n) is 22.0. The molecular formula is C30H32N2O6S. The molecule has 0 radical (unpaired) electrons. The van der Waals surface area contributed by atoms with E-state index in [4.69, 9.17) is 18.9 Å². The summed E-state index contributed by atoms with van der Waals surface area (Å²) in [6.07, 6.45) is 2.53. The van der Waals surface area contributed by atoms with Crippen LogP contribution in [-0.4, -0.2) is 67.4 Å². The molecule has 3 aliphatic rings. The first-order valence-corrected chi connectivity index (χ1v) is 14.3. The number of carbonyl (C=O) groups excluding carboxylic acids is 2. The van der Waals surface area contributed by atoms with E-state index in [2.05, 4.69) is 11.4 Å². The second kappa shape index (κ2) is 11.3. The topological polar surface area (TPSA) is 77.5 Å². The third kappa shape index (κ3) is 5.60. The standard InChI is InChI=1S/C30H32N2O6S/c1-20-4-7-22(8-5-20)36-18-25-24-11-14-39-28(24)10-12-32(25)29(33)17-31(16-23-3-2-13-35-23)30(34)21-6-9-26-27(15-21)38-19-37-26/h4-9,11,14-15,23,25H,2-3,10,12-13,16-19H2,1H3. The second-order valence-corrected chi connectivity index (χ2v) is 11.2. The predicted molar refractivity (Wildman–Crippen MR) is 147 cm³/mol. The maximum atomic E-state index is 13.9. The van der Waals surface area contributed by atoms with Crippen molar-refractivity contribution in [1.29, 1.82) is 0 Å². The Balaban J connectivity index is 1.21. The molecule has 2 amide bonds. The van der Waals surface area contributed by atoms with E-state index in [0.29, 0.717) is 43.4 Å². The molecule has 8 nitrogen and oxygen atoms in total. The molecule has 2 unspecified atom stereocenters. The number of ether oxygens (including phenoxy) is 4. The predicted octanol–water partition coefficient (Wildman–Crippen LogP) is 4.61. The van der Waals surface area contributed by atoms with Crippen LogP contribution in [0.5, 0.6) is 17.2 Å². The number of aryl methyl sites for hydroxylation is 1. The van der Waals surface area contributed by atoms with E-state index in [0.717, 1.165) is 36.1 Å². The highest BCUT2D eigenvalue weighted by Crippen LogP contribution is 2.35. The number of benzene rings is 2. The van der Waals surface area contributed by atoms with Gasteiger partial charge in [-0.25, -0.2) is 0 Å². The van der Waals surface area contributed by atoms with Crippen molar-refractivity contribution >= 4 is 23.2 Å². The van der Waals surface area contributed by atoms with Gasteiger partial charge in [-0.05, 0) is 73.5 Å². The zero-order valence-corrected chi connectivity index (χ0v) is 22.8. The van der Waals surface area contributed by atoms with Gasteiger partial charge in [0.25, 0.3) is 5.91 Å². The van der Waals surface area contributed by atoms with Gasteiger partial charge in [-0.3, -0.25) is 9.59 Å². The van der Waals surface area contributed by atoms with Crippen LogP contribution >= 0.6 is 11.3 Å². The maximum absolute atomic E-state index is 13.9. The summed E-state index contributed by atoms with van der Waals surface area (Å²) >= 11 is 1.72. The molecule has 2 atom stereocenters. The molecule has 39 heavy (non-hydrogen) atoms. The Labute approximate surface area is 232 Å². The quantitative estimate of drug-likeness (QED) is 0.409. The zero-order chi connectivity index (χ0) is 26.8. The van der Waals surface area contributed by atoms with Crippen molar-refractivity contribution in [3.63, 3.8) is 0 Å². The van der Waals surface area contributed by atoms with Crippen molar-refractivity contribution in [1.82, 2.24) is 9.80 Å². The molecule has 9 heteroatoms. The van der Waals surface area contributed by atoms with Gasteiger partial charge in [-0.1, -0.05) is 17.7 Å². The van der Waals surface area contributed by atoms with E-state index >= 15 is 0 Å². The minimum atomic E-state index is -0.224. The minimum Gasteiger partial charge on any atom is -0.491 e. The summed E-state index contributed by atoms with van der Waals surface area (Å²) in [4.78, 5) is 32.4. The van der Waals surface area contributed by atoms with Gasteiger partial charge in [0.1, 0.15) is 18.9 Å². The number of amides is 2. The van der Waals surface area contributed by atoms with Crippen LogP contribution in [0.1, 0.15) is 45.2 Å². The van der Waals surface area contributed by atoms with Gasteiger partial charge < -0.3 is 28.7 Å². The molecule has 1 fully saturated rings. The Bertz CT molecular complexity index is 1330. The third-order valence-electron chi connectivity index (χ3n) is 7.52. The lowest BCUT2D eigenvalue weighted by Crippen LogP contribution is -2.49. The van der Waals surface area contributed by atoms with E-state index in [1.54, 1.807) is 34.4 Å². The van der Waals surface area contributed by atoms with Crippen molar-refractivity contribution in [3.8, 4) is 17.2 Å². The number of hydrogen-bond donors (Lipinski definition) is 0. The number of fused-ring (bicyclic) bond motifs is 2. The minimum absolute atomic E-state index is 0.0341. The summed E-state index contributed by atoms with van der Waals surface area (Å²) in [5.74, 6) is 1.60. The van der Waals surface area contributed by atoms with E-state index in [-0.39, 0.29) is 37.3 Å². The van der Waals surface area contributed by atoms with Gasteiger partial charge in [0, 0.05) is 30.1 Å². The summed E-state index contributed by atoms with van der Waals surface area (Å²) in [6.45, 7) is 4.11. The van der Waals surface area contributed by atoms with Crippen LogP contribution in [0.2, 0.25) is 0 Å².